The molecule has 0 saturated carbocycles. The summed E-state index contributed by atoms with van der Waals surface area (Å²) in [4.78, 5) is 10.8. The monoisotopic (exact) mass is 285 g/mol. The van der Waals surface area contributed by atoms with Gasteiger partial charge in [0.2, 0.25) is 0 Å². The molecule has 1 saturated heterocycles. The molecular formula is C16H19N3O2. The lowest BCUT2D eigenvalue weighted by Gasteiger charge is -2.37. The van der Waals surface area contributed by atoms with Crippen LogP contribution in [0.1, 0.15) is 18.6 Å². The predicted octanol–water partition coefficient (Wildman–Crippen LogP) is 2.45. The molecule has 0 amide bonds. The summed E-state index contributed by atoms with van der Waals surface area (Å²) in [5.41, 5.74) is 1.18. The molecule has 110 valence electrons. The normalized spacial score (nSPS) is 22.1. The number of anilines is 1. The van der Waals surface area contributed by atoms with E-state index in [1.165, 1.54) is 5.56 Å². The summed E-state index contributed by atoms with van der Waals surface area (Å²) < 4.78 is 11.4. The highest BCUT2D eigenvalue weighted by Gasteiger charge is 2.29. The van der Waals surface area contributed by atoms with Crippen molar-refractivity contribution < 1.29 is 9.47 Å². The van der Waals surface area contributed by atoms with Crippen molar-refractivity contribution >= 4 is 5.82 Å². The van der Waals surface area contributed by atoms with Crippen molar-refractivity contribution in [3.05, 3.63) is 48.3 Å². The second kappa shape index (κ2) is 6.10. The largest absolute Gasteiger partial charge is 0.478 e. The van der Waals surface area contributed by atoms with E-state index in [4.69, 9.17) is 9.47 Å². The molecule has 1 aliphatic rings. The SMILES string of the molecule is COc1nccnc1N1CC(C)OC(c2ccccc2)C1. The summed E-state index contributed by atoms with van der Waals surface area (Å²) in [6.07, 6.45) is 3.48. The maximum atomic E-state index is 6.07. The Kier molecular flexibility index (Phi) is 4.01. The minimum absolute atomic E-state index is 0.0293. The molecule has 2 unspecified atom stereocenters. The number of rotatable bonds is 3. The number of ether oxygens (including phenoxy) is 2. The highest BCUT2D eigenvalue weighted by atomic mass is 16.5. The van der Waals surface area contributed by atoms with Gasteiger partial charge >= 0.3 is 0 Å². The topological polar surface area (TPSA) is 47.5 Å². The molecule has 1 aromatic carbocycles. The van der Waals surface area contributed by atoms with E-state index >= 15 is 0 Å². The average molecular weight is 285 g/mol. The van der Waals surface area contributed by atoms with Crippen molar-refractivity contribution in [1.29, 1.82) is 0 Å². The molecule has 0 spiro atoms. The van der Waals surface area contributed by atoms with Crippen LogP contribution < -0.4 is 9.64 Å². The van der Waals surface area contributed by atoms with E-state index in [0.29, 0.717) is 5.88 Å². The fourth-order valence-electron chi connectivity index (χ4n) is 2.65. The molecule has 1 aliphatic heterocycles. The standard InChI is InChI=1S/C16H19N3O2/c1-12-10-19(15-16(20-2)18-9-8-17-15)11-14(21-12)13-6-4-3-5-7-13/h3-9,12,14H,10-11H2,1-2H3. The van der Waals surface area contributed by atoms with Crippen LogP contribution in [0.2, 0.25) is 0 Å². The van der Waals surface area contributed by atoms with Crippen molar-refractivity contribution in [3.8, 4) is 5.88 Å². The average Bonchev–Trinajstić information content (AvgIpc) is 2.55. The summed E-state index contributed by atoms with van der Waals surface area (Å²) >= 11 is 0. The smallest absolute Gasteiger partial charge is 0.257 e. The van der Waals surface area contributed by atoms with E-state index in [1.54, 1.807) is 19.5 Å². The molecule has 1 fully saturated rings. The highest BCUT2D eigenvalue weighted by molar-refractivity contribution is 5.48. The van der Waals surface area contributed by atoms with Gasteiger partial charge < -0.3 is 14.4 Å². The zero-order valence-electron chi connectivity index (χ0n) is 12.3. The van der Waals surface area contributed by atoms with E-state index in [9.17, 15) is 0 Å². The molecule has 0 aliphatic carbocycles. The van der Waals surface area contributed by atoms with E-state index in [2.05, 4.69) is 33.9 Å². The second-order valence-corrected chi connectivity index (χ2v) is 5.14. The molecule has 3 rings (SSSR count). The lowest BCUT2D eigenvalue weighted by atomic mass is 10.1. The fraction of sp³-hybridized carbons (Fsp3) is 0.375. The Morgan fingerprint density at radius 1 is 1.14 bits per heavy atom. The van der Waals surface area contributed by atoms with Crippen LogP contribution >= 0.6 is 0 Å². The van der Waals surface area contributed by atoms with Gasteiger partial charge in [-0.05, 0) is 12.5 Å². The number of morpholine rings is 1. The summed E-state index contributed by atoms with van der Waals surface area (Å²) in [6.45, 7) is 3.59. The van der Waals surface area contributed by atoms with Gasteiger partial charge in [-0.25, -0.2) is 9.97 Å². The number of hydrogen-bond donors (Lipinski definition) is 0. The van der Waals surface area contributed by atoms with E-state index in [-0.39, 0.29) is 12.2 Å². The molecule has 1 aromatic heterocycles. The Bertz CT molecular complexity index is 591. The Hall–Kier alpha value is -2.14. The van der Waals surface area contributed by atoms with Gasteiger partial charge in [0.05, 0.1) is 19.8 Å². The number of benzene rings is 1. The van der Waals surface area contributed by atoms with Crippen LogP contribution in [-0.2, 0) is 4.74 Å². The van der Waals surface area contributed by atoms with Crippen LogP contribution in [0.5, 0.6) is 5.88 Å². The summed E-state index contributed by atoms with van der Waals surface area (Å²) in [6, 6.07) is 10.3. The molecule has 0 N–H and O–H groups in total. The predicted molar refractivity (Wildman–Crippen MR) is 80.5 cm³/mol. The number of nitrogens with zero attached hydrogens (tertiary/aromatic N) is 3. The van der Waals surface area contributed by atoms with E-state index in [1.807, 2.05) is 18.2 Å². The minimum atomic E-state index is 0.0293. The van der Waals surface area contributed by atoms with Gasteiger partial charge in [0, 0.05) is 18.9 Å². The Morgan fingerprint density at radius 3 is 2.67 bits per heavy atom. The maximum absolute atomic E-state index is 6.07. The summed E-state index contributed by atoms with van der Waals surface area (Å²) in [5.74, 6) is 1.33. The van der Waals surface area contributed by atoms with Crippen LogP contribution in [0.3, 0.4) is 0 Å². The summed E-state index contributed by atoms with van der Waals surface area (Å²) in [5, 5.41) is 0. The second-order valence-electron chi connectivity index (χ2n) is 5.14. The fourth-order valence-corrected chi connectivity index (χ4v) is 2.65. The van der Waals surface area contributed by atoms with E-state index in [0.717, 1.165) is 18.9 Å². The van der Waals surface area contributed by atoms with Gasteiger partial charge in [0.15, 0.2) is 5.82 Å². The van der Waals surface area contributed by atoms with Crippen LogP contribution in [0.25, 0.3) is 0 Å². The third-order valence-corrected chi connectivity index (χ3v) is 3.57. The van der Waals surface area contributed by atoms with Crippen LogP contribution in [-0.4, -0.2) is 36.3 Å². The van der Waals surface area contributed by atoms with Crippen molar-refractivity contribution in [1.82, 2.24) is 9.97 Å². The third kappa shape index (κ3) is 2.97. The van der Waals surface area contributed by atoms with Crippen LogP contribution in [0.15, 0.2) is 42.7 Å². The first-order valence-electron chi connectivity index (χ1n) is 7.08. The zero-order valence-corrected chi connectivity index (χ0v) is 12.3. The van der Waals surface area contributed by atoms with Crippen molar-refractivity contribution in [2.24, 2.45) is 0 Å². The molecule has 0 bridgehead atoms. The maximum Gasteiger partial charge on any atom is 0.257 e. The van der Waals surface area contributed by atoms with Crippen LogP contribution in [0.4, 0.5) is 5.82 Å². The molecule has 5 nitrogen and oxygen atoms in total. The van der Waals surface area contributed by atoms with Gasteiger partial charge in [-0.1, -0.05) is 30.3 Å². The molecule has 2 aromatic rings. The van der Waals surface area contributed by atoms with E-state index < -0.39 is 0 Å². The van der Waals surface area contributed by atoms with Gasteiger partial charge in [0.1, 0.15) is 6.10 Å². The lowest BCUT2D eigenvalue weighted by Crippen LogP contribution is -2.43. The Balaban J connectivity index is 1.86. The zero-order chi connectivity index (χ0) is 14.7. The Morgan fingerprint density at radius 2 is 1.90 bits per heavy atom. The van der Waals surface area contributed by atoms with Gasteiger partial charge in [-0.2, -0.15) is 0 Å². The number of methoxy groups -OCH3 is 1. The first-order valence-corrected chi connectivity index (χ1v) is 7.08. The molecule has 2 atom stereocenters. The lowest BCUT2D eigenvalue weighted by molar-refractivity contribution is -0.0177. The number of aromatic nitrogens is 2. The van der Waals surface area contributed by atoms with Crippen LogP contribution in [0, 0.1) is 0 Å². The molecular weight excluding hydrogens is 266 g/mol. The Labute approximate surface area is 124 Å². The van der Waals surface area contributed by atoms with Crippen molar-refractivity contribution in [2.45, 2.75) is 19.1 Å². The molecule has 5 heteroatoms. The van der Waals surface area contributed by atoms with Crippen molar-refractivity contribution in [3.63, 3.8) is 0 Å². The van der Waals surface area contributed by atoms with Gasteiger partial charge in [-0.3, -0.25) is 0 Å². The molecule has 0 radical (unpaired) electrons. The third-order valence-electron chi connectivity index (χ3n) is 3.57. The van der Waals surface area contributed by atoms with Gasteiger partial charge in [-0.15, -0.1) is 0 Å². The minimum Gasteiger partial charge on any atom is -0.478 e. The molecule has 2 heterocycles. The number of hydrogen-bond acceptors (Lipinski definition) is 5. The van der Waals surface area contributed by atoms with Gasteiger partial charge in [0.25, 0.3) is 5.88 Å². The summed E-state index contributed by atoms with van der Waals surface area (Å²) in [7, 11) is 1.62. The molecule has 21 heavy (non-hydrogen) atoms. The first-order chi connectivity index (χ1) is 10.3. The highest BCUT2D eigenvalue weighted by Crippen LogP contribution is 2.30. The van der Waals surface area contributed by atoms with Crippen molar-refractivity contribution in [2.75, 3.05) is 25.1 Å². The quantitative estimate of drug-likeness (QED) is 0.867. The first kappa shape index (κ1) is 13.8.